The highest BCUT2D eigenvalue weighted by Gasteiger charge is 2.16. The van der Waals surface area contributed by atoms with Crippen LogP contribution in [0.4, 0.5) is 5.82 Å². The lowest BCUT2D eigenvalue weighted by atomic mass is 10.1. The molecule has 0 aliphatic carbocycles. The molecule has 13 heavy (non-hydrogen) atoms. The molecule has 2 rings (SSSR count). The minimum atomic E-state index is 0.731. The van der Waals surface area contributed by atoms with Crippen LogP contribution in [-0.4, -0.2) is 18.1 Å². The summed E-state index contributed by atoms with van der Waals surface area (Å²) in [5, 5.41) is 11.3. The maximum Gasteiger partial charge on any atom is 0.226 e. The SMILES string of the molecule is [O-][n+]1cnccc1N1CCCCC1. The number of rotatable bonds is 1. The largest absolute Gasteiger partial charge is 0.740 e. The van der Waals surface area contributed by atoms with Crippen LogP contribution >= 0.6 is 0 Å². The minimum absolute atomic E-state index is 0.731. The van der Waals surface area contributed by atoms with Crippen molar-refractivity contribution in [3.8, 4) is 0 Å². The third-order valence-corrected chi connectivity index (χ3v) is 2.39. The molecule has 0 N–H and O–H groups in total. The van der Waals surface area contributed by atoms with Crippen molar-refractivity contribution in [1.82, 2.24) is 4.98 Å². The number of anilines is 1. The summed E-state index contributed by atoms with van der Waals surface area (Å²) >= 11 is 0. The Hall–Kier alpha value is -1.32. The van der Waals surface area contributed by atoms with Crippen molar-refractivity contribution in [2.24, 2.45) is 0 Å². The van der Waals surface area contributed by atoms with Gasteiger partial charge in [-0.25, -0.2) is 0 Å². The van der Waals surface area contributed by atoms with E-state index < -0.39 is 0 Å². The van der Waals surface area contributed by atoms with Crippen LogP contribution in [0.3, 0.4) is 0 Å². The molecule has 1 aromatic rings. The molecule has 1 aliphatic heterocycles. The third-order valence-electron chi connectivity index (χ3n) is 2.39. The van der Waals surface area contributed by atoms with E-state index in [0.29, 0.717) is 0 Å². The van der Waals surface area contributed by atoms with Crippen LogP contribution < -0.4 is 9.63 Å². The summed E-state index contributed by atoms with van der Waals surface area (Å²) < 4.78 is 0.839. The van der Waals surface area contributed by atoms with Gasteiger partial charge in [0.15, 0.2) is 0 Å². The molecule has 1 aliphatic rings. The molecular weight excluding hydrogens is 166 g/mol. The van der Waals surface area contributed by atoms with Crippen LogP contribution in [0, 0.1) is 5.21 Å². The zero-order valence-corrected chi connectivity index (χ0v) is 7.52. The molecule has 4 nitrogen and oxygen atoms in total. The first-order chi connectivity index (χ1) is 6.38. The third kappa shape index (κ3) is 1.71. The van der Waals surface area contributed by atoms with Gasteiger partial charge >= 0.3 is 0 Å². The lowest BCUT2D eigenvalue weighted by molar-refractivity contribution is -0.595. The van der Waals surface area contributed by atoms with Crippen LogP contribution in [0.1, 0.15) is 19.3 Å². The van der Waals surface area contributed by atoms with Gasteiger partial charge in [-0.2, -0.15) is 0 Å². The van der Waals surface area contributed by atoms with E-state index in [1.165, 1.54) is 25.6 Å². The second-order valence-corrected chi connectivity index (χ2v) is 3.31. The summed E-state index contributed by atoms with van der Waals surface area (Å²) in [7, 11) is 0. The number of hydrogen-bond donors (Lipinski definition) is 0. The first kappa shape index (κ1) is 8.29. The molecule has 0 aromatic carbocycles. The van der Waals surface area contributed by atoms with Crippen LogP contribution in [0.5, 0.6) is 0 Å². The zero-order chi connectivity index (χ0) is 9.10. The van der Waals surface area contributed by atoms with Gasteiger partial charge in [0.25, 0.3) is 0 Å². The highest BCUT2D eigenvalue weighted by molar-refractivity contribution is 5.31. The first-order valence-corrected chi connectivity index (χ1v) is 4.66. The molecule has 0 radical (unpaired) electrons. The quantitative estimate of drug-likeness (QED) is 0.471. The van der Waals surface area contributed by atoms with Crippen LogP contribution in [0.2, 0.25) is 0 Å². The molecule has 0 unspecified atom stereocenters. The van der Waals surface area contributed by atoms with E-state index in [-0.39, 0.29) is 0 Å². The fourth-order valence-electron chi connectivity index (χ4n) is 1.71. The van der Waals surface area contributed by atoms with Gasteiger partial charge in [-0.3, -0.25) is 9.63 Å². The van der Waals surface area contributed by atoms with Crippen LogP contribution in [0.25, 0.3) is 0 Å². The Morgan fingerprint density at radius 3 is 2.77 bits per heavy atom. The van der Waals surface area contributed by atoms with E-state index in [0.717, 1.165) is 23.6 Å². The molecule has 0 saturated carbocycles. The van der Waals surface area contributed by atoms with Gasteiger partial charge in [-0.15, -0.1) is 4.98 Å². The van der Waals surface area contributed by atoms with Crippen molar-refractivity contribution in [3.63, 3.8) is 0 Å². The standard InChI is InChI=1S/C9H13N3O/c13-12-8-10-5-4-9(12)11-6-2-1-3-7-11/h4-5,8H,1-3,6-7H2. The second kappa shape index (κ2) is 3.60. The normalized spacial score (nSPS) is 17.4. The molecule has 1 aromatic heterocycles. The first-order valence-electron chi connectivity index (χ1n) is 4.66. The van der Waals surface area contributed by atoms with E-state index in [9.17, 15) is 5.21 Å². The molecule has 0 bridgehead atoms. The molecule has 1 saturated heterocycles. The van der Waals surface area contributed by atoms with Crippen LogP contribution in [-0.2, 0) is 0 Å². The average molecular weight is 179 g/mol. The van der Waals surface area contributed by atoms with Crippen molar-refractivity contribution in [3.05, 3.63) is 23.8 Å². The average Bonchev–Trinajstić information content (AvgIpc) is 2.20. The number of aromatic nitrogens is 2. The van der Waals surface area contributed by atoms with E-state index in [4.69, 9.17) is 0 Å². The Kier molecular flexibility index (Phi) is 2.29. The van der Waals surface area contributed by atoms with E-state index in [2.05, 4.69) is 9.88 Å². The molecular formula is C9H13N3O. The van der Waals surface area contributed by atoms with Gasteiger partial charge in [-0.05, 0) is 19.3 Å². The Bertz CT molecular complexity index is 284. The number of piperidine rings is 1. The second-order valence-electron chi connectivity index (χ2n) is 3.31. The van der Waals surface area contributed by atoms with Gasteiger partial charge in [-0.1, -0.05) is 0 Å². The Morgan fingerprint density at radius 2 is 2.08 bits per heavy atom. The molecule has 70 valence electrons. The molecule has 0 atom stereocenters. The molecule has 2 heterocycles. The van der Waals surface area contributed by atoms with E-state index >= 15 is 0 Å². The maximum absolute atomic E-state index is 11.3. The Balaban J connectivity index is 2.18. The Morgan fingerprint density at radius 1 is 1.31 bits per heavy atom. The smallest absolute Gasteiger partial charge is 0.226 e. The van der Waals surface area contributed by atoms with Crippen molar-refractivity contribution < 1.29 is 4.73 Å². The maximum atomic E-state index is 11.3. The number of hydrogen-bond acceptors (Lipinski definition) is 3. The fraction of sp³-hybridized carbons (Fsp3) is 0.556. The summed E-state index contributed by atoms with van der Waals surface area (Å²) in [6.07, 6.45) is 6.62. The van der Waals surface area contributed by atoms with Gasteiger partial charge in [0, 0.05) is 6.07 Å². The van der Waals surface area contributed by atoms with Crippen LogP contribution in [0.15, 0.2) is 18.6 Å². The van der Waals surface area contributed by atoms with E-state index in [1.54, 1.807) is 12.3 Å². The molecule has 1 fully saturated rings. The zero-order valence-electron chi connectivity index (χ0n) is 7.52. The van der Waals surface area contributed by atoms with Crippen molar-refractivity contribution in [1.29, 1.82) is 0 Å². The lowest BCUT2D eigenvalue weighted by Gasteiger charge is -2.25. The van der Waals surface area contributed by atoms with Crippen molar-refractivity contribution >= 4 is 5.82 Å². The lowest BCUT2D eigenvalue weighted by Crippen LogP contribution is -2.40. The Labute approximate surface area is 77.4 Å². The van der Waals surface area contributed by atoms with Gasteiger partial charge in [0.05, 0.1) is 13.1 Å². The summed E-state index contributed by atoms with van der Waals surface area (Å²) in [6, 6.07) is 1.78. The molecule has 0 amide bonds. The van der Waals surface area contributed by atoms with Gasteiger partial charge in [0.1, 0.15) is 6.20 Å². The fourth-order valence-corrected chi connectivity index (χ4v) is 1.71. The summed E-state index contributed by atoms with van der Waals surface area (Å²) in [4.78, 5) is 5.89. The predicted octanol–water partition coefficient (Wildman–Crippen LogP) is 0.705. The van der Waals surface area contributed by atoms with Gasteiger partial charge < -0.3 is 5.21 Å². The van der Waals surface area contributed by atoms with E-state index in [1.807, 2.05) is 0 Å². The topological polar surface area (TPSA) is 43.1 Å². The highest BCUT2D eigenvalue weighted by Crippen LogP contribution is 2.14. The monoisotopic (exact) mass is 179 g/mol. The van der Waals surface area contributed by atoms with Crippen molar-refractivity contribution in [2.45, 2.75) is 19.3 Å². The molecule has 0 spiro atoms. The highest BCUT2D eigenvalue weighted by atomic mass is 16.5. The van der Waals surface area contributed by atoms with Crippen molar-refractivity contribution in [2.75, 3.05) is 18.0 Å². The molecule has 4 heteroatoms. The summed E-state index contributed by atoms with van der Waals surface area (Å²) in [5.74, 6) is 0.731. The number of nitrogens with zero attached hydrogens (tertiary/aromatic N) is 3. The summed E-state index contributed by atoms with van der Waals surface area (Å²) in [6.45, 7) is 1.98. The van der Waals surface area contributed by atoms with Gasteiger partial charge in [0.2, 0.25) is 12.1 Å². The predicted molar refractivity (Wildman–Crippen MR) is 49.3 cm³/mol. The minimum Gasteiger partial charge on any atom is -0.740 e. The summed E-state index contributed by atoms with van der Waals surface area (Å²) in [5.41, 5.74) is 0.